The Kier molecular flexibility index (Phi) is 3.29. The van der Waals surface area contributed by atoms with Gasteiger partial charge in [0.05, 0.1) is 10.6 Å². The summed E-state index contributed by atoms with van der Waals surface area (Å²) in [5, 5.41) is 1.04. The van der Waals surface area contributed by atoms with E-state index in [9.17, 15) is 8.42 Å². The SMILES string of the molecule is CCS(=O)(=O)c1ccc(-c2c(C)[nH]c3ncccc23)cc1. The van der Waals surface area contributed by atoms with Crippen LogP contribution in [0.2, 0.25) is 0 Å². The molecule has 1 aromatic carbocycles. The molecule has 5 heteroatoms. The lowest BCUT2D eigenvalue weighted by molar-refractivity contribution is 0.597. The summed E-state index contributed by atoms with van der Waals surface area (Å²) in [5.74, 6) is 0.113. The zero-order chi connectivity index (χ0) is 15.0. The van der Waals surface area contributed by atoms with Gasteiger partial charge in [-0.05, 0) is 36.8 Å². The Bertz CT molecular complexity index is 894. The summed E-state index contributed by atoms with van der Waals surface area (Å²) < 4.78 is 23.7. The Labute approximate surface area is 123 Å². The minimum atomic E-state index is -3.16. The van der Waals surface area contributed by atoms with Gasteiger partial charge in [0.1, 0.15) is 5.65 Å². The standard InChI is InChI=1S/C16H16N2O2S/c1-3-21(19,20)13-8-6-12(7-9-13)15-11(2)18-16-14(15)5-4-10-17-16/h4-10H,3H2,1-2H3,(H,17,18). The van der Waals surface area contributed by atoms with Gasteiger partial charge in [0.15, 0.2) is 9.84 Å². The van der Waals surface area contributed by atoms with Gasteiger partial charge in [-0.2, -0.15) is 0 Å². The van der Waals surface area contributed by atoms with Crippen molar-refractivity contribution < 1.29 is 8.42 Å². The number of hydrogen-bond donors (Lipinski definition) is 1. The second-order valence-electron chi connectivity index (χ2n) is 4.95. The van der Waals surface area contributed by atoms with Crippen molar-refractivity contribution in [1.82, 2.24) is 9.97 Å². The van der Waals surface area contributed by atoms with Crippen LogP contribution < -0.4 is 0 Å². The van der Waals surface area contributed by atoms with Gasteiger partial charge in [-0.1, -0.05) is 19.1 Å². The van der Waals surface area contributed by atoms with E-state index in [4.69, 9.17) is 0 Å². The van der Waals surface area contributed by atoms with Crippen molar-refractivity contribution in [2.45, 2.75) is 18.7 Å². The summed E-state index contributed by atoms with van der Waals surface area (Å²) in [6.07, 6.45) is 1.75. The summed E-state index contributed by atoms with van der Waals surface area (Å²) in [6.45, 7) is 3.65. The average molecular weight is 300 g/mol. The van der Waals surface area contributed by atoms with Gasteiger partial charge in [0.25, 0.3) is 0 Å². The zero-order valence-electron chi connectivity index (χ0n) is 11.9. The van der Waals surface area contributed by atoms with Crippen molar-refractivity contribution in [3.8, 4) is 11.1 Å². The summed E-state index contributed by atoms with van der Waals surface area (Å²) in [5.41, 5.74) is 3.92. The van der Waals surface area contributed by atoms with Crippen LogP contribution in [0.25, 0.3) is 22.2 Å². The van der Waals surface area contributed by atoms with E-state index in [2.05, 4.69) is 9.97 Å². The van der Waals surface area contributed by atoms with Crippen LogP contribution in [0.5, 0.6) is 0 Å². The summed E-state index contributed by atoms with van der Waals surface area (Å²) in [7, 11) is -3.16. The molecule has 3 rings (SSSR count). The van der Waals surface area contributed by atoms with Crippen LogP contribution in [0.15, 0.2) is 47.5 Å². The highest BCUT2D eigenvalue weighted by atomic mass is 32.2. The van der Waals surface area contributed by atoms with Crippen molar-refractivity contribution in [3.63, 3.8) is 0 Å². The van der Waals surface area contributed by atoms with Gasteiger partial charge in [-0.25, -0.2) is 13.4 Å². The van der Waals surface area contributed by atoms with E-state index < -0.39 is 9.84 Å². The fourth-order valence-electron chi connectivity index (χ4n) is 2.52. The molecule has 0 aliphatic rings. The molecule has 0 spiro atoms. The fraction of sp³-hybridized carbons (Fsp3) is 0.188. The normalized spacial score (nSPS) is 11.9. The molecule has 0 bridgehead atoms. The predicted octanol–water partition coefficient (Wildman–Crippen LogP) is 3.33. The molecular weight excluding hydrogens is 284 g/mol. The molecule has 4 nitrogen and oxygen atoms in total. The molecule has 2 heterocycles. The molecule has 2 aromatic heterocycles. The van der Waals surface area contributed by atoms with Crippen molar-refractivity contribution in [2.75, 3.05) is 5.75 Å². The molecule has 0 fully saturated rings. The number of nitrogens with zero attached hydrogens (tertiary/aromatic N) is 1. The molecule has 0 unspecified atom stereocenters. The van der Waals surface area contributed by atoms with Gasteiger partial charge in [-0.15, -0.1) is 0 Å². The van der Waals surface area contributed by atoms with Crippen molar-refractivity contribution in [2.24, 2.45) is 0 Å². The Morgan fingerprint density at radius 3 is 2.52 bits per heavy atom. The first-order chi connectivity index (χ1) is 10.0. The first-order valence-corrected chi connectivity index (χ1v) is 8.44. The number of hydrogen-bond acceptors (Lipinski definition) is 3. The highest BCUT2D eigenvalue weighted by molar-refractivity contribution is 7.91. The number of sulfone groups is 1. The molecule has 1 N–H and O–H groups in total. The maximum atomic E-state index is 11.9. The minimum absolute atomic E-state index is 0.113. The highest BCUT2D eigenvalue weighted by Gasteiger charge is 2.14. The fourth-order valence-corrected chi connectivity index (χ4v) is 3.40. The van der Waals surface area contributed by atoms with E-state index in [0.717, 1.165) is 27.9 Å². The molecule has 0 saturated carbocycles. The number of fused-ring (bicyclic) bond motifs is 1. The molecule has 0 saturated heterocycles. The van der Waals surface area contributed by atoms with Crippen molar-refractivity contribution in [3.05, 3.63) is 48.3 Å². The maximum absolute atomic E-state index is 11.9. The van der Waals surface area contributed by atoms with E-state index in [0.29, 0.717) is 4.90 Å². The largest absolute Gasteiger partial charge is 0.343 e. The third kappa shape index (κ3) is 2.34. The van der Waals surface area contributed by atoms with Gasteiger partial charge >= 0.3 is 0 Å². The van der Waals surface area contributed by atoms with E-state index >= 15 is 0 Å². The smallest absolute Gasteiger partial charge is 0.178 e. The number of aromatic nitrogens is 2. The lowest BCUT2D eigenvalue weighted by atomic mass is 10.0. The predicted molar refractivity (Wildman–Crippen MR) is 84.0 cm³/mol. The molecule has 0 atom stereocenters. The molecule has 3 aromatic rings. The lowest BCUT2D eigenvalue weighted by Crippen LogP contribution is -2.03. The molecule has 0 radical (unpaired) electrons. The second-order valence-corrected chi connectivity index (χ2v) is 7.23. The van der Waals surface area contributed by atoms with Gasteiger partial charge in [0, 0.05) is 22.8 Å². The van der Waals surface area contributed by atoms with Gasteiger partial charge < -0.3 is 4.98 Å². The number of benzene rings is 1. The Morgan fingerprint density at radius 1 is 1.14 bits per heavy atom. The number of nitrogens with one attached hydrogen (secondary N) is 1. The molecule has 0 amide bonds. The van der Waals surface area contributed by atoms with Gasteiger partial charge in [-0.3, -0.25) is 0 Å². The summed E-state index contributed by atoms with van der Waals surface area (Å²) in [4.78, 5) is 7.92. The zero-order valence-corrected chi connectivity index (χ0v) is 12.7. The molecule has 0 aliphatic heterocycles. The van der Waals surface area contributed by atoms with Crippen molar-refractivity contribution >= 4 is 20.9 Å². The average Bonchev–Trinajstić information content (AvgIpc) is 2.83. The third-order valence-electron chi connectivity index (χ3n) is 3.64. The molecule has 21 heavy (non-hydrogen) atoms. The van der Waals surface area contributed by atoms with Gasteiger partial charge in [0.2, 0.25) is 0 Å². The number of pyridine rings is 1. The Morgan fingerprint density at radius 2 is 1.86 bits per heavy atom. The lowest BCUT2D eigenvalue weighted by Gasteiger charge is -2.05. The first kappa shape index (κ1) is 13.8. The van der Waals surface area contributed by atoms with E-state index in [-0.39, 0.29) is 5.75 Å². The Balaban J connectivity index is 2.14. The minimum Gasteiger partial charge on any atom is -0.343 e. The third-order valence-corrected chi connectivity index (χ3v) is 5.39. The van der Waals surface area contributed by atoms with Crippen LogP contribution in [0, 0.1) is 6.92 Å². The van der Waals surface area contributed by atoms with Crippen LogP contribution in [0.4, 0.5) is 0 Å². The van der Waals surface area contributed by atoms with E-state index in [1.807, 2.05) is 31.2 Å². The monoisotopic (exact) mass is 300 g/mol. The highest BCUT2D eigenvalue weighted by Crippen LogP contribution is 2.31. The quantitative estimate of drug-likeness (QED) is 0.807. The molecule has 0 aliphatic carbocycles. The van der Waals surface area contributed by atoms with Crippen LogP contribution in [0.1, 0.15) is 12.6 Å². The van der Waals surface area contributed by atoms with Crippen LogP contribution in [0.3, 0.4) is 0 Å². The van der Waals surface area contributed by atoms with Crippen molar-refractivity contribution in [1.29, 1.82) is 0 Å². The van der Waals surface area contributed by atoms with Crippen LogP contribution in [-0.4, -0.2) is 24.1 Å². The van der Waals surface area contributed by atoms with E-state index in [1.54, 1.807) is 25.3 Å². The van der Waals surface area contributed by atoms with Crippen LogP contribution in [-0.2, 0) is 9.84 Å². The number of rotatable bonds is 3. The number of H-pyrrole nitrogens is 1. The number of aryl methyl sites for hydroxylation is 1. The second kappa shape index (κ2) is 5.00. The summed E-state index contributed by atoms with van der Waals surface area (Å²) in [6, 6.07) is 11.0. The summed E-state index contributed by atoms with van der Waals surface area (Å²) >= 11 is 0. The van der Waals surface area contributed by atoms with Crippen LogP contribution >= 0.6 is 0 Å². The maximum Gasteiger partial charge on any atom is 0.178 e. The van der Waals surface area contributed by atoms with E-state index in [1.165, 1.54) is 0 Å². The molecule has 108 valence electrons. The first-order valence-electron chi connectivity index (χ1n) is 6.79. The Hall–Kier alpha value is -2.14. The molecular formula is C16H16N2O2S. The topological polar surface area (TPSA) is 62.8 Å². The number of aromatic amines is 1.